The molecule has 0 saturated heterocycles. The van der Waals surface area contributed by atoms with Crippen LogP contribution in [-0.4, -0.2) is 40.7 Å². The smallest absolute Gasteiger partial charge is 0.234 e. The minimum absolute atomic E-state index is 0.0467. The van der Waals surface area contributed by atoms with Crippen LogP contribution in [0.4, 0.5) is 0 Å². The molecule has 20 heavy (non-hydrogen) atoms. The van der Waals surface area contributed by atoms with Gasteiger partial charge >= 0.3 is 0 Å². The van der Waals surface area contributed by atoms with Crippen LogP contribution in [0.1, 0.15) is 12.5 Å². The highest BCUT2D eigenvalue weighted by atomic mass is 16.1. The Labute approximate surface area is 119 Å². The number of aromatic nitrogens is 2. The number of likely N-dealkylation sites (N-methyl/N-ethyl adjacent to an activating group) is 2. The fraction of sp³-hybridized carbons (Fsp3) is 0.333. The van der Waals surface area contributed by atoms with Crippen molar-refractivity contribution in [3.05, 3.63) is 48.3 Å². The lowest BCUT2D eigenvalue weighted by molar-refractivity contribution is -0.121. The van der Waals surface area contributed by atoms with Crippen molar-refractivity contribution in [3.8, 4) is 5.69 Å². The van der Waals surface area contributed by atoms with Gasteiger partial charge in [-0.05, 0) is 26.1 Å². The van der Waals surface area contributed by atoms with Gasteiger partial charge in [-0.2, -0.15) is 5.10 Å². The van der Waals surface area contributed by atoms with E-state index in [1.165, 1.54) is 0 Å². The number of hydrogen-bond acceptors (Lipinski definition) is 3. The fourth-order valence-corrected chi connectivity index (χ4v) is 2.03. The first-order chi connectivity index (χ1) is 9.69. The van der Waals surface area contributed by atoms with Crippen molar-refractivity contribution in [1.82, 2.24) is 20.0 Å². The first kappa shape index (κ1) is 14.3. The number of hydrogen-bond donors (Lipinski definition) is 1. The van der Waals surface area contributed by atoms with Gasteiger partial charge in [-0.1, -0.05) is 18.2 Å². The van der Waals surface area contributed by atoms with Gasteiger partial charge in [0.05, 0.1) is 18.4 Å². The average molecular weight is 272 g/mol. The van der Waals surface area contributed by atoms with Crippen molar-refractivity contribution in [2.45, 2.75) is 13.5 Å². The van der Waals surface area contributed by atoms with Gasteiger partial charge in [0.2, 0.25) is 5.91 Å². The summed E-state index contributed by atoms with van der Waals surface area (Å²) in [5.41, 5.74) is 2.12. The molecule has 2 rings (SSSR count). The second kappa shape index (κ2) is 6.86. The Morgan fingerprint density at radius 1 is 1.35 bits per heavy atom. The summed E-state index contributed by atoms with van der Waals surface area (Å²) in [4.78, 5) is 13.5. The molecule has 0 bridgehead atoms. The van der Waals surface area contributed by atoms with E-state index in [2.05, 4.69) is 10.4 Å². The molecular weight excluding hydrogens is 252 g/mol. The number of amides is 1. The largest absolute Gasteiger partial charge is 0.355 e. The van der Waals surface area contributed by atoms with Crippen molar-refractivity contribution < 1.29 is 4.79 Å². The van der Waals surface area contributed by atoms with E-state index >= 15 is 0 Å². The molecule has 0 fully saturated rings. The van der Waals surface area contributed by atoms with Crippen LogP contribution in [-0.2, 0) is 11.3 Å². The molecule has 1 N–H and O–H groups in total. The first-order valence-electron chi connectivity index (χ1n) is 6.73. The molecule has 0 aliphatic carbocycles. The van der Waals surface area contributed by atoms with Gasteiger partial charge in [-0.15, -0.1) is 0 Å². The lowest BCUT2D eigenvalue weighted by Gasteiger charge is -2.14. The third-order valence-electron chi connectivity index (χ3n) is 2.90. The van der Waals surface area contributed by atoms with Crippen LogP contribution >= 0.6 is 0 Å². The number of carbonyl (C=O) groups is 1. The Morgan fingerprint density at radius 2 is 2.10 bits per heavy atom. The van der Waals surface area contributed by atoms with Crippen LogP contribution in [0, 0.1) is 0 Å². The maximum atomic E-state index is 11.5. The summed E-state index contributed by atoms with van der Waals surface area (Å²) in [6.07, 6.45) is 3.82. The first-order valence-corrected chi connectivity index (χ1v) is 6.73. The summed E-state index contributed by atoms with van der Waals surface area (Å²) in [5.74, 6) is 0.0467. The minimum atomic E-state index is 0.0467. The summed E-state index contributed by atoms with van der Waals surface area (Å²) in [7, 11) is 1.93. The summed E-state index contributed by atoms with van der Waals surface area (Å²) in [6, 6.07) is 9.97. The predicted octanol–water partition coefficient (Wildman–Crippen LogP) is 1.44. The van der Waals surface area contributed by atoms with E-state index < -0.39 is 0 Å². The van der Waals surface area contributed by atoms with Crippen molar-refractivity contribution in [2.75, 3.05) is 20.1 Å². The van der Waals surface area contributed by atoms with Crippen LogP contribution in [0.15, 0.2) is 42.7 Å². The molecule has 0 aliphatic rings. The zero-order valence-corrected chi connectivity index (χ0v) is 11.9. The average Bonchev–Trinajstić information content (AvgIpc) is 2.88. The molecule has 0 aliphatic heterocycles. The Balaban J connectivity index is 1.94. The van der Waals surface area contributed by atoms with E-state index in [1.807, 2.05) is 66.3 Å². The monoisotopic (exact) mass is 272 g/mol. The molecule has 0 unspecified atom stereocenters. The molecule has 0 radical (unpaired) electrons. The molecule has 0 saturated carbocycles. The molecule has 0 spiro atoms. The number of para-hydroxylation sites is 1. The third-order valence-corrected chi connectivity index (χ3v) is 2.90. The van der Waals surface area contributed by atoms with Gasteiger partial charge in [-0.25, -0.2) is 4.68 Å². The summed E-state index contributed by atoms with van der Waals surface area (Å²) >= 11 is 0. The second-order valence-corrected chi connectivity index (χ2v) is 4.75. The van der Waals surface area contributed by atoms with Gasteiger partial charge in [0.15, 0.2) is 0 Å². The summed E-state index contributed by atoms with van der Waals surface area (Å²) in [6.45, 7) is 3.68. The van der Waals surface area contributed by atoms with E-state index in [9.17, 15) is 4.79 Å². The van der Waals surface area contributed by atoms with Gasteiger partial charge in [0.1, 0.15) is 0 Å². The van der Waals surface area contributed by atoms with Crippen molar-refractivity contribution in [3.63, 3.8) is 0 Å². The van der Waals surface area contributed by atoms with E-state index in [1.54, 1.807) is 0 Å². The van der Waals surface area contributed by atoms with Crippen LogP contribution in [0.5, 0.6) is 0 Å². The van der Waals surface area contributed by atoms with Gasteiger partial charge < -0.3 is 5.32 Å². The zero-order valence-electron chi connectivity index (χ0n) is 11.9. The molecule has 1 aromatic carbocycles. The maximum Gasteiger partial charge on any atom is 0.234 e. The molecule has 106 valence electrons. The Bertz CT molecular complexity index is 550. The molecule has 1 aromatic heterocycles. The lowest BCUT2D eigenvalue weighted by atomic mass is 10.3. The molecule has 5 heteroatoms. The normalized spacial score (nSPS) is 10.8. The quantitative estimate of drug-likeness (QED) is 0.865. The highest BCUT2D eigenvalue weighted by molar-refractivity contribution is 5.77. The minimum Gasteiger partial charge on any atom is -0.355 e. The third kappa shape index (κ3) is 3.93. The number of carbonyl (C=O) groups excluding carboxylic acids is 1. The molecule has 5 nitrogen and oxygen atoms in total. The van der Waals surface area contributed by atoms with Crippen LogP contribution < -0.4 is 5.32 Å². The number of nitrogens with zero attached hydrogens (tertiary/aromatic N) is 3. The van der Waals surface area contributed by atoms with Gasteiger partial charge in [0.25, 0.3) is 0 Å². The van der Waals surface area contributed by atoms with Crippen molar-refractivity contribution >= 4 is 5.91 Å². The molecule has 1 heterocycles. The van der Waals surface area contributed by atoms with E-state index in [0.717, 1.165) is 11.3 Å². The van der Waals surface area contributed by atoms with Crippen molar-refractivity contribution in [1.29, 1.82) is 0 Å². The predicted molar refractivity (Wildman–Crippen MR) is 78.6 cm³/mol. The number of benzene rings is 1. The van der Waals surface area contributed by atoms with E-state index in [4.69, 9.17) is 0 Å². The maximum absolute atomic E-state index is 11.5. The Hall–Kier alpha value is -2.14. The van der Waals surface area contributed by atoms with Crippen LogP contribution in [0.3, 0.4) is 0 Å². The SMILES string of the molecule is CCNC(=O)CN(C)Cc1cnn(-c2ccccc2)c1. The van der Waals surface area contributed by atoms with E-state index in [0.29, 0.717) is 19.6 Å². The fourth-order valence-electron chi connectivity index (χ4n) is 2.03. The van der Waals surface area contributed by atoms with Gasteiger partial charge in [-0.3, -0.25) is 9.69 Å². The molecule has 0 atom stereocenters. The standard InChI is InChI=1S/C15H20N4O/c1-3-16-15(20)12-18(2)10-13-9-17-19(11-13)14-7-5-4-6-8-14/h4-9,11H,3,10,12H2,1-2H3,(H,16,20). The zero-order chi connectivity index (χ0) is 14.4. The molecular formula is C15H20N4O. The highest BCUT2D eigenvalue weighted by Crippen LogP contribution is 2.08. The lowest BCUT2D eigenvalue weighted by Crippen LogP contribution is -2.34. The summed E-state index contributed by atoms with van der Waals surface area (Å²) < 4.78 is 1.84. The van der Waals surface area contributed by atoms with Crippen LogP contribution in [0.25, 0.3) is 5.69 Å². The Morgan fingerprint density at radius 3 is 2.80 bits per heavy atom. The van der Waals surface area contributed by atoms with Crippen molar-refractivity contribution in [2.24, 2.45) is 0 Å². The summed E-state index contributed by atoms with van der Waals surface area (Å²) in [5, 5.41) is 7.14. The number of nitrogens with one attached hydrogen (secondary N) is 1. The highest BCUT2D eigenvalue weighted by Gasteiger charge is 2.08. The molecule has 2 aromatic rings. The van der Waals surface area contributed by atoms with Gasteiger partial charge in [0, 0.05) is 24.8 Å². The van der Waals surface area contributed by atoms with E-state index in [-0.39, 0.29) is 5.91 Å². The second-order valence-electron chi connectivity index (χ2n) is 4.75. The van der Waals surface area contributed by atoms with Crippen LogP contribution in [0.2, 0.25) is 0 Å². The molecule has 1 amide bonds. The topological polar surface area (TPSA) is 50.2 Å². The number of rotatable bonds is 6. The Kier molecular flexibility index (Phi) is 4.90.